The normalized spacial score (nSPS) is 19.2. The van der Waals surface area contributed by atoms with Crippen LogP contribution in [0.15, 0.2) is 0 Å². The van der Waals surface area contributed by atoms with Crippen molar-refractivity contribution in [3.63, 3.8) is 0 Å². The van der Waals surface area contributed by atoms with Crippen LogP contribution in [0.2, 0.25) is 0 Å². The number of nitrogens with one attached hydrogen (secondary N) is 2. The van der Waals surface area contributed by atoms with Gasteiger partial charge in [-0.2, -0.15) is 0 Å². The molecule has 1 atom stereocenters. The molecular weight excluding hydrogens is 236 g/mol. The first-order valence-electron chi connectivity index (χ1n) is 7.90. The van der Waals surface area contributed by atoms with Gasteiger partial charge in [0.25, 0.3) is 0 Å². The molecule has 0 aromatic rings. The summed E-state index contributed by atoms with van der Waals surface area (Å²) < 4.78 is 0. The fraction of sp³-hybridized carbons (Fsp3) is 0.938. The summed E-state index contributed by atoms with van der Waals surface area (Å²) in [5.74, 6) is 1.52. The van der Waals surface area contributed by atoms with E-state index in [0.29, 0.717) is 12.3 Å². The van der Waals surface area contributed by atoms with Gasteiger partial charge in [-0.1, -0.05) is 39.0 Å². The average Bonchev–Trinajstić information content (AvgIpc) is 2.34. The molecule has 112 valence electrons. The van der Waals surface area contributed by atoms with Crippen LogP contribution in [0.4, 0.5) is 0 Å². The highest BCUT2D eigenvalue weighted by Crippen LogP contribution is 2.31. The van der Waals surface area contributed by atoms with Crippen LogP contribution in [-0.4, -0.2) is 24.5 Å². The van der Waals surface area contributed by atoms with Crippen molar-refractivity contribution >= 4 is 5.91 Å². The quantitative estimate of drug-likeness (QED) is 0.727. The SMILES string of the molecule is CC(CC(=O)NCCNC(C)(C)C)C1CCCCC1. The van der Waals surface area contributed by atoms with Gasteiger partial charge < -0.3 is 10.6 Å². The van der Waals surface area contributed by atoms with Crippen molar-refractivity contribution in [1.82, 2.24) is 10.6 Å². The van der Waals surface area contributed by atoms with E-state index in [1.807, 2.05) is 0 Å². The monoisotopic (exact) mass is 268 g/mol. The third-order valence-electron chi connectivity index (χ3n) is 4.06. The summed E-state index contributed by atoms with van der Waals surface area (Å²) in [6, 6.07) is 0. The smallest absolute Gasteiger partial charge is 0.220 e. The van der Waals surface area contributed by atoms with Crippen LogP contribution in [0.5, 0.6) is 0 Å². The largest absolute Gasteiger partial charge is 0.355 e. The predicted molar refractivity (Wildman–Crippen MR) is 81.1 cm³/mol. The first kappa shape index (κ1) is 16.5. The molecule has 0 aliphatic heterocycles. The van der Waals surface area contributed by atoms with E-state index < -0.39 is 0 Å². The second-order valence-corrected chi connectivity index (χ2v) is 7.11. The van der Waals surface area contributed by atoms with Crippen LogP contribution < -0.4 is 10.6 Å². The van der Waals surface area contributed by atoms with Crippen molar-refractivity contribution in [3.05, 3.63) is 0 Å². The topological polar surface area (TPSA) is 41.1 Å². The zero-order valence-electron chi connectivity index (χ0n) is 13.2. The summed E-state index contributed by atoms with van der Waals surface area (Å²) in [4.78, 5) is 11.9. The van der Waals surface area contributed by atoms with Crippen molar-refractivity contribution in [3.8, 4) is 0 Å². The second kappa shape index (κ2) is 7.88. The minimum absolute atomic E-state index is 0.125. The maximum atomic E-state index is 11.9. The molecule has 1 aliphatic carbocycles. The Morgan fingerprint density at radius 3 is 2.37 bits per heavy atom. The molecule has 0 radical (unpaired) electrons. The third-order valence-corrected chi connectivity index (χ3v) is 4.06. The zero-order chi connectivity index (χ0) is 14.3. The second-order valence-electron chi connectivity index (χ2n) is 7.11. The van der Waals surface area contributed by atoms with Crippen LogP contribution in [0.1, 0.15) is 66.2 Å². The number of rotatable bonds is 6. The van der Waals surface area contributed by atoms with Gasteiger partial charge in [0.15, 0.2) is 0 Å². The van der Waals surface area contributed by atoms with Gasteiger partial charge in [-0.25, -0.2) is 0 Å². The average molecular weight is 268 g/mol. The van der Waals surface area contributed by atoms with Crippen molar-refractivity contribution in [2.24, 2.45) is 11.8 Å². The molecule has 0 aromatic carbocycles. The summed E-state index contributed by atoms with van der Waals surface area (Å²) in [6.07, 6.45) is 7.42. The minimum Gasteiger partial charge on any atom is -0.355 e. The van der Waals surface area contributed by atoms with Gasteiger partial charge in [0, 0.05) is 25.0 Å². The van der Waals surface area contributed by atoms with E-state index in [-0.39, 0.29) is 11.4 Å². The Bertz CT molecular complexity index is 264. The summed E-state index contributed by atoms with van der Waals surface area (Å²) in [5.41, 5.74) is 0.125. The highest BCUT2D eigenvalue weighted by molar-refractivity contribution is 5.76. The molecule has 1 unspecified atom stereocenters. The molecule has 2 N–H and O–H groups in total. The summed E-state index contributed by atoms with van der Waals surface area (Å²) in [7, 11) is 0. The molecule has 0 saturated heterocycles. The summed E-state index contributed by atoms with van der Waals surface area (Å²) in [6.45, 7) is 10.2. The van der Waals surface area contributed by atoms with Gasteiger partial charge in [0.05, 0.1) is 0 Å². The molecular formula is C16H32N2O. The fourth-order valence-electron chi connectivity index (χ4n) is 2.87. The van der Waals surface area contributed by atoms with Crippen molar-refractivity contribution in [1.29, 1.82) is 0 Å². The van der Waals surface area contributed by atoms with E-state index in [9.17, 15) is 4.79 Å². The molecule has 1 saturated carbocycles. The first-order chi connectivity index (χ1) is 8.88. The lowest BCUT2D eigenvalue weighted by atomic mass is 9.79. The maximum absolute atomic E-state index is 11.9. The Morgan fingerprint density at radius 1 is 1.16 bits per heavy atom. The van der Waals surface area contributed by atoms with E-state index in [1.54, 1.807) is 0 Å². The van der Waals surface area contributed by atoms with Crippen molar-refractivity contribution in [2.75, 3.05) is 13.1 Å². The summed E-state index contributed by atoms with van der Waals surface area (Å²) >= 11 is 0. The van der Waals surface area contributed by atoms with Crippen molar-refractivity contribution < 1.29 is 4.79 Å². The van der Waals surface area contributed by atoms with E-state index in [1.165, 1.54) is 32.1 Å². The molecule has 1 rings (SSSR count). The van der Waals surface area contributed by atoms with E-state index in [2.05, 4.69) is 38.3 Å². The number of amides is 1. The maximum Gasteiger partial charge on any atom is 0.220 e. The molecule has 0 heterocycles. The van der Waals surface area contributed by atoms with Crippen molar-refractivity contribution in [2.45, 2.75) is 71.8 Å². The lowest BCUT2D eigenvalue weighted by Gasteiger charge is -2.27. The Labute approximate surface area is 118 Å². The van der Waals surface area contributed by atoms with E-state index in [4.69, 9.17) is 0 Å². The Kier molecular flexibility index (Phi) is 6.84. The number of carbonyl (C=O) groups is 1. The Hall–Kier alpha value is -0.570. The summed E-state index contributed by atoms with van der Waals surface area (Å²) in [5, 5.41) is 6.40. The number of hydrogen-bond acceptors (Lipinski definition) is 2. The fourth-order valence-corrected chi connectivity index (χ4v) is 2.87. The van der Waals surface area contributed by atoms with Crippen LogP contribution >= 0.6 is 0 Å². The van der Waals surface area contributed by atoms with Gasteiger partial charge in [-0.15, -0.1) is 0 Å². The van der Waals surface area contributed by atoms with Crippen LogP contribution in [0.3, 0.4) is 0 Å². The molecule has 0 bridgehead atoms. The van der Waals surface area contributed by atoms with Crippen LogP contribution in [0.25, 0.3) is 0 Å². The zero-order valence-corrected chi connectivity index (χ0v) is 13.2. The Balaban J connectivity index is 2.12. The number of carbonyl (C=O) groups excluding carboxylic acids is 1. The van der Waals surface area contributed by atoms with Gasteiger partial charge in [0.2, 0.25) is 5.91 Å². The molecule has 3 nitrogen and oxygen atoms in total. The molecule has 1 fully saturated rings. The highest BCUT2D eigenvalue weighted by atomic mass is 16.1. The van der Waals surface area contributed by atoms with E-state index in [0.717, 1.165) is 19.0 Å². The third kappa shape index (κ3) is 7.56. The molecule has 0 aromatic heterocycles. The van der Waals surface area contributed by atoms with Gasteiger partial charge >= 0.3 is 0 Å². The van der Waals surface area contributed by atoms with Gasteiger partial charge in [0.1, 0.15) is 0 Å². The minimum atomic E-state index is 0.125. The molecule has 3 heteroatoms. The number of hydrogen-bond donors (Lipinski definition) is 2. The van der Waals surface area contributed by atoms with Crippen LogP contribution in [0, 0.1) is 11.8 Å². The highest BCUT2D eigenvalue weighted by Gasteiger charge is 2.21. The van der Waals surface area contributed by atoms with E-state index >= 15 is 0 Å². The standard InChI is InChI=1S/C16H32N2O/c1-13(14-8-6-5-7-9-14)12-15(19)17-10-11-18-16(2,3)4/h13-14,18H,5-12H2,1-4H3,(H,17,19). The van der Waals surface area contributed by atoms with Gasteiger partial charge in [-0.3, -0.25) is 4.79 Å². The molecule has 1 amide bonds. The lowest BCUT2D eigenvalue weighted by Crippen LogP contribution is -2.41. The first-order valence-corrected chi connectivity index (χ1v) is 7.90. The molecule has 0 spiro atoms. The Morgan fingerprint density at radius 2 is 1.79 bits per heavy atom. The van der Waals surface area contributed by atoms with Gasteiger partial charge in [-0.05, 0) is 32.6 Å². The molecule has 1 aliphatic rings. The lowest BCUT2D eigenvalue weighted by molar-refractivity contribution is -0.122. The van der Waals surface area contributed by atoms with Crippen LogP contribution in [-0.2, 0) is 4.79 Å². The predicted octanol–water partition coefficient (Wildman–Crippen LogP) is 3.10. The molecule has 19 heavy (non-hydrogen) atoms.